The first-order valence-electron chi connectivity index (χ1n) is 8.12. The van der Waals surface area contributed by atoms with E-state index in [1.54, 1.807) is 12.1 Å². The molecule has 4 nitrogen and oxygen atoms in total. The van der Waals surface area contributed by atoms with Crippen LogP contribution < -0.4 is 9.47 Å². The van der Waals surface area contributed by atoms with Gasteiger partial charge in [-0.3, -0.25) is 4.79 Å². The number of carbonyl (C=O) groups excluding carboxylic acids is 1. The summed E-state index contributed by atoms with van der Waals surface area (Å²) >= 11 is 3.49. The number of carbonyl (C=O) groups is 1. The molecular formula is C20H18BrNO3. The van der Waals surface area contributed by atoms with E-state index in [4.69, 9.17) is 9.47 Å². The van der Waals surface area contributed by atoms with Gasteiger partial charge in [0.2, 0.25) is 0 Å². The minimum absolute atomic E-state index is 0.479. The van der Waals surface area contributed by atoms with Crippen molar-refractivity contribution in [2.75, 3.05) is 13.2 Å². The zero-order valence-electron chi connectivity index (χ0n) is 14.1. The summed E-state index contributed by atoms with van der Waals surface area (Å²) in [6, 6.07) is 13.4. The van der Waals surface area contributed by atoms with Crippen molar-refractivity contribution in [3.8, 4) is 22.8 Å². The van der Waals surface area contributed by atoms with Gasteiger partial charge in [0.05, 0.1) is 24.5 Å². The van der Waals surface area contributed by atoms with E-state index in [1.165, 1.54) is 0 Å². The molecule has 0 radical (unpaired) electrons. The van der Waals surface area contributed by atoms with Gasteiger partial charge in [0.1, 0.15) is 22.4 Å². The van der Waals surface area contributed by atoms with Crippen molar-refractivity contribution in [3.63, 3.8) is 0 Å². The SMILES string of the molecule is CCOc1cc(C=O)cc(OCC)c1-c1nc(Br)cc2ccccc12. The van der Waals surface area contributed by atoms with Gasteiger partial charge in [0, 0.05) is 10.9 Å². The summed E-state index contributed by atoms with van der Waals surface area (Å²) in [7, 11) is 0. The third-order valence-electron chi connectivity index (χ3n) is 3.77. The summed E-state index contributed by atoms with van der Waals surface area (Å²) in [6.45, 7) is 4.77. The van der Waals surface area contributed by atoms with Crippen molar-refractivity contribution in [1.29, 1.82) is 0 Å². The van der Waals surface area contributed by atoms with Crippen LogP contribution in [-0.4, -0.2) is 24.5 Å². The Labute approximate surface area is 154 Å². The lowest BCUT2D eigenvalue weighted by molar-refractivity contribution is 0.112. The van der Waals surface area contributed by atoms with Crippen LogP contribution in [-0.2, 0) is 0 Å². The number of fused-ring (bicyclic) bond motifs is 1. The normalized spacial score (nSPS) is 10.7. The average molecular weight is 400 g/mol. The van der Waals surface area contributed by atoms with Gasteiger partial charge in [0.15, 0.2) is 0 Å². The number of pyridine rings is 1. The molecule has 0 atom stereocenters. The Kier molecular flexibility index (Phi) is 5.34. The van der Waals surface area contributed by atoms with Gasteiger partial charge in [-0.15, -0.1) is 0 Å². The predicted octanol–water partition coefficient (Wildman–Crippen LogP) is 5.27. The average Bonchev–Trinajstić information content (AvgIpc) is 2.61. The molecule has 5 heteroatoms. The van der Waals surface area contributed by atoms with E-state index in [9.17, 15) is 4.79 Å². The van der Waals surface area contributed by atoms with Gasteiger partial charge < -0.3 is 9.47 Å². The second-order valence-electron chi connectivity index (χ2n) is 5.39. The fraction of sp³-hybridized carbons (Fsp3) is 0.200. The number of rotatable bonds is 6. The summed E-state index contributed by atoms with van der Waals surface area (Å²) < 4.78 is 12.4. The number of aldehydes is 1. The molecule has 128 valence electrons. The Hall–Kier alpha value is -2.40. The van der Waals surface area contributed by atoms with Crippen LogP contribution in [0.1, 0.15) is 24.2 Å². The van der Waals surface area contributed by atoms with Crippen LogP contribution in [0, 0.1) is 0 Å². The Bertz CT molecular complexity index is 897. The molecule has 0 spiro atoms. The molecule has 1 aromatic heterocycles. The molecular weight excluding hydrogens is 382 g/mol. The van der Waals surface area contributed by atoms with Crippen molar-refractivity contribution in [2.24, 2.45) is 0 Å². The number of benzene rings is 2. The molecule has 25 heavy (non-hydrogen) atoms. The Balaban J connectivity index is 2.37. The maximum Gasteiger partial charge on any atom is 0.150 e. The van der Waals surface area contributed by atoms with Crippen LogP contribution in [0.5, 0.6) is 11.5 Å². The molecule has 2 aromatic carbocycles. The van der Waals surface area contributed by atoms with Crippen LogP contribution in [0.2, 0.25) is 0 Å². The van der Waals surface area contributed by atoms with Crippen molar-refractivity contribution < 1.29 is 14.3 Å². The molecule has 0 fully saturated rings. The van der Waals surface area contributed by atoms with E-state index in [1.807, 2.05) is 44.2 Å². The quantitative estimate of drug-likeness (QED) is 0.418. The van der Waals surface area contributed by atoms with Crippen LogP contribution in [0.3, 0.4) is 0 Å². The van der Waals surface area contributed by atoms with Crippen LogP contribution in [0.4, 0.5) is 0 Å². The molecule has 0 saturated carbocycles. The summed E-state index contributed by atoms with van der Waals surface area (Å²) in [4.78, 5) is 16.0. The molecule has 0 amide bonds. The Morgan fingerprint density at radius 3 is 2.28 bits per heavy atom. The molecule has 0 aliphatic carbocycles. The van der Waals surface area contributed by atoms with Crippen LogP contribution >= 0.6 is 15.9 Å². The number of ether oxygens (including phenoxy) is 2. The zero-order valence-corrected chi connectivity index (χ0v) is 15.7. The minimum atomic E-state index is 0.479. The smallest absolute Gasteiger partial charge is 0.150 e. The summed E-state index contributed by atoms with van der Waals surface area (Å²) in [5.74, 6) is 1.18. The largest absolute Gasteiger partial charge is 0.493 e. The zero-order chi connectivity index (χ0) is 17.8. The highest BCUT2D eigenvalue weighted by Gasteiger charge is 2.19. The maximum absolute atomic E-state index is 11.3. The molecule has 0 aliphatic rings. The van der Waals surface area contributed by atoms with E-state index >= 15 is 0 Å². The number of hydrogen-bond donors (Lipinski definition) is 0. The van der Waals surface area contributed by atoms with Gasteiger partial charge in [-0.2, -0.15) is 0 Å². The third kappa shape index (κ3) is 3.51. The first-order chi connectivity index (χ1) is 12.2. The van der Waals surface area contributed by atoms with E-state index in [0.717, 1.165) is 32.9 Å². The first kappa shape index (κ1) is 17.4. The van der Waals surface area contributed by atoms with Gasteiger partial charge in [0.25, 0.3) is 0 Å². The molecule has 0 bridgehead atoms. The molecule has 3 rings (SSSR count). The van der Waals surface area contributed by atoms with Crippen LogP contribution in [0.25, 0.3) is 22.0 Å². The van der Waals surface area contributed by atoms with E-state index in [2.05, 4.69) is 20.9 Å². The highest BCUT2D eigenvalue weighted by Crippen LogP contribution is 2.42. The highest BCUT2D eigenvalue weighted by atomic mass is 79.9. The second-order valence-corrected chi connectivity index (χ2v) is 6.20. The number of halogens is 1. The topological polar surface area (TPSA) is 48.4 Å². The maximum atomic E-state index is 11.3. The van der Waals surface area contributed by atoms with E-state index in [0.29, 0.717) is 30.3 Å². The monoisotopic (exact) mass is 399 g/mol. The molecule has 0 unspecified atom stereocenters. The van der Waals surface area contributed by atoms with Crippen molar-refractivity contribution in [3.05, 3.63) is 52.6 Å². The lowest BCUT2D eigenvalue weighted by atomic mass is 10.0. The van der Waals surface area contributed by atoms with Crippen molar-refractivity contribution >= 4 is 33.0 Å². The Morgan fingerprint density at radius 1 is 1.04 bits per heavy atom. The van der Waals surface area contributed by atoms with Gasteiger partial charge in [-0.1, -0.05) is 24.3 Å². The summed E-state index contributed by atoms with van der Waals surface area (Å²) in [5.41, 5.74) is 2.02. The number of nitrogens with zero attached hydrogens (tertiary/aromatic N) is 1. The summed E-state index contributed by atoms with van der Waals surface area (Å²) in [5, 5.41) is 2.05. The standard InChI is InChI=1S/C20H18BrNO3/c1-3-24-16-9-13(12-23)10-17(25-4-2)19(16)20-15-8-6-5-7-14(15)11-18(21)22-20/h5-12H,3-4H2,1-2H3. The van der Waals surface area contributed by atoms with Crippen molar-refractivity contribution in [2.45, 2.75) is 13.8 Å². The van der Waals surface area contributed by atoms with Gasteiger partial charge in [-0.25, -0.2) is 4.98 Å². The number of aromatic nitrogens is 1. The molecule has 0 saturated heterocycles. The molecule has 1 heterocycles. The molecule has 0 aliphatic heterocycles. The third-order valence-corrected chi connectivity index (χ3v) is 4.18. The van der Waals surface area contributed by atoms with E-state index in [-0.39, 0.29) is 0 Å². The van der Waals surface area contributed by atoms with Crippen LogP contribution in [0.15, 0.2) is 47.1 Å². The highest BCUT2D eigenvalue weighted by molar-refractivity contribution is 9.10. The van der Waals surface area contributed by atoms with Gasteiger partial charge in [-0.05, 0) is 53.4 Å². The lowest BCUT2D eigenvalue weighted by Crippen LogP contribution is -2.02. The Morgan fingerprint density at radius 2 is 1.68 bits per heavy atom. The predicted molar refractivity (Wildman–Crippen MR) is 103 cm³/mol. The fourth-order valence-corrected chi connectivity index (χ4v) is 3.23. The number of hydrogen-bond acceptors (Lipinski definition) is 4. The fourth-order valence-electron chi connectivity index (χ4n) is 2.81. The molecule has 0 N–H and O–H groups in total. The van der Waals surface area contributed by atoms with Crippen molar-refractivity contribution in [1.82, 2.24) is 4.98 Å². The summed E-state index contributed by atoms with van der Waals surface area (Å²) in [6.07, 6.45) is 0.793. The van der Waals surface area contributed by atoms with E-state index < -0.39 is 0 Å². The lowest BCUT2D eigenvalue weighted by Gasteiger charge is -2.17. The van der Waals surface area contributed by atoms with Gasteiger partial charge >= 0.3 is 0 Å². The molecule has 3 aromatic rings. The minimum Gasteiger partial charge on any atom is -0.493 e. The second kappa shape index (κ2) is 7.66. The first-order valence-corrected chi connectivity index (χ1v) is 8.91.